The molecule has 1 N–H and O–H groups in total. The molecule has 0 aromatic carbocycles. The van der Waals surface area contributed by atoms with E-state index in [1.54, 1.807) is 0 Å². The van der Waals surface area contributed by atoms with Gasteiger partial charge in [0.05, 0.1) is 12.2 Å². The predicted molar refractivity (Wildman–Crippen MR) is 90.8 cm³/mol. The summed E-state index contributed by atoms with van der Waals surface area (Å²) in [5.41, 5.74) is 1.20. The van der Waals surface area contributed by atoms with Gasteiger partial charge >= 0.3 is 0 Å². The Kier molecular flexibility index (Phi) is 6.41. The molecule has 1 aromatic heterocycles. The molecule has 6 heteroatoms. The monoisotopic (exact) mass is 326 g/mol. The Morgan fingerprint density at radius 1 is 1.27 bits per heavy atom. The van der Waals surface area contributed by atoms with Crippen LogP contribution >= 0.6 is 12.4 Å². The highest BCUT2D eigenvalue weighted by molar-refractivity contribution is 5.85. The molecule has 2 aliphatic heterocycles. The molecule has 5 nitrogen and oxygen atoms in total. The summed E-state index contributed by atoms with van der Waals surface area (Å²) in [6.45, 7) is 8.45. The van der Waals surface area contributed by atoms with Crippen LogP contribution in [-0.2, 0) is 11.2 Å². The number of aromatic nitrogens is 2. The van der Waals surface area contributed by atoms with Crippen molar-refractivity contribution in [3.05, 3.63) is 18.0 Å². The van der Waals surface area contributed by atoms with Crippen molar-refractivity contribution in [2.75, 3.05) is 31.1 Å². The van der Waals surface area contributed by atoms with Crippen molar-refractivity contribution < 1.29 is 4.74 Å². The molecule has 0 aliphatic carbocycles. The number of aryl methyl sites for hydroxylation is 1. The predicted octanol–water partition coefficient (Wildman–Crippen LogP) is 2.05. The molecule has 0 amide bonds. The van der Waals surface area contributed by atoms with Crippen LogP contribution in [0.5, 0.6) is 0 Å². The largest absolute Gasteiger partial charge is 0.372 e. The minimum Gasteiger partial charge on any atom is -0.372 e. The van der Waals surface area contributed by atoms with Gasteiger partial charge < -0.3 is 15.0 Å². The lowest BCUT2D eigenvalue weighted by atomic mass is 9.92. The minimum atomic E-state index is 0. The van der Waals surface area contributed by atoms with E-state index in [0.717, 1.165) is 38.5 Å². The Balaban J connectivity index is 0.00000176. The lowest BCUT2D eigenvalue weighted by Gasteiger charge is -2.38. The summed E-state index contributed by atoms with van der Waals surface area (Å²) < 4.78 is 6.08. The molecule has 1 atom stereocenters. The molecule has 0 spiro atoms. The van der Waals surface area contributed by atoms with Crippen molar-refractivity contribution in [1.82, 2.24) is 15.3 Å². The molecule has 124 valence electrons. The number of hydrogen-bond acceptors (Lipinski definition) is 5. The van der Waals surface area contributed by atoms with E-state index < -0.39 is 0 Å². The Morgan fingerprint density at radius 3 is 2.41 bits per heavy atom. The number of nitrogens with zero attached hydrogens (tertiary/aromatic N) is 3. The van der Waals surface area contributed by atoms with Gasteiger partial charge in [0, 0.05) is 38.6 Å². The van der Waals surface area contributed by atoms with Crippen LogP contribution in [0.2, 0.25) is 0 Å². The minimum absolute atomic E-state index is 0. The van der Waals surface area contributed by atoms with Crippen LogP contribution in [0, 0.1) is 5.92 Å². The van der Waals surface area contributed by atoms with Gasteiger partial charge in [0.2, 0.25) is 5.95 Å². The number of halogens is 1. The third-order valence-electron chi connectivity index (χ3n) is 4.74. The molecule has 1 unspecified atom stereocenters. The summed E-state index contributed by atoms with van der Waals surface area (Å²) in [5.74, 6) is 1.54. The zero-order valence-electron chi connectivity index (χ0n) is 13.5. The van der Waals surface area contributed by atoms with Gasteiger partial charge in [-0.05, 0) is 37.7 Å². The molecule has 2 aliphatic rings. The van der Waals surface area contributed by atoms with Crippen LogP contribution in [0.1, 0.15) is 32.3 Å². The molecule has 1 aromatic rings. The number of rotatable bonds is 5. The normalized spacial score (nSPS) is 21.1. The second-order valence-electron chi connectivity index (χ2n) is 6.19. The SMILES string of the molecule is CCc1cnc(N2CCC(C(C)OC3CNC3)CC2)nc1.Cl. The standard InChI is InChI=1S/C16H26N4O.ClH/c1-3-13-8-18-16(19-9-13)20-6-4-14(5-7-20)12(2)21-15-10-17-11-15;/h8-9,12,14-15,17H,3-7,10-11H2,1-2H3;1H. The van der Waals surface area contributed by atoms with Crippen LogP contribution in [0.25, 0.3) is 0 Å². The van der Waals surface area contributed by atoms with Gasteiger partial charge in [-0.25, -0.2) is 9.97 Å². The van der Waals surface area contributed by atoms with E-state index in [-0.39, 0.29) is 12.4 Å². The first kappa shape index (κ1) is 17.4. The third kappa shape index (κ3) is 4.09. The number of piperidine rings is 1. The quantitative estimate of drug-likeness (QED) is 0.897. The molecule has 3 rings (SSSR count). The van der Waals surface area contributed by atoms with E-state index in [0.29, 0.717) is 18.1 Å². The maximum atomic E-state index is 6.08. The number of nitrogens with one attached hydrogen (secondary N) is 1. The molecule has 0 radical (unpaired) electrons. The van der Waals surface area contributed by atoms with Crippen molar-refractivity contribution in [2.24, 2.45) is 5.92 Å². The fraction of sp³-hybridized carbons (Fsp3) is 0.750. The highest BCUT2D eigenvalue weighted by atomic mass is 35.5. The Morgan fingerprint density at radius 2 is 1.91 bits per heavy atom. The summed E-state index contributed by atoms with van der Waals surface area (Å²) in [4.78, 5) is 11.3. The van der Waals surface area contributed by atoms with Crippen molar-refractivity contribution in [3.8, 4) is 0 Å². The van der Waals surface area contributed by atoms with Crippen LogP contribution in [0.3, 0.4) is 0 Å². The Hall–Kier alpha value is -0.910. The van der Waals surface area contributed by atoms with E-state index in [2.05, 4.69) is 34.0 Å². The maximum Gasteiger partial charge on any atom is 0.225 e. The lowest BCUT2D eigenvalue weighted by molar-refractivity contribution is -0.0587. The van der Waals surface area contributed by atoms with E-state index >= 15 is 0 Å². The van der Waals surface area contributed by atoms with Gasteiger partial charge in [-0.15, -0.1) is 12.4 Å². The van der Waals surface area contributed by atoms with Crippen molar-refractivity contribution >= 4 is 18.4 Å². The van der Waals surface area contributed by atoms with E-state index in [4.69, 9.17) is 4.74 Å². The van der Waals surface area contributed by atoms with Crippen LogP contribution in [0.4, 0.5) is 5.95 Å². The summed E-state index contributed by atoms with van der Waals surface area (Å²) in [6.07, 6.45) is 8.02. The second-order valence-corrected chi connectivity index (χ2v) is 6.19. The maximum absolute atomic E-state index is 6.08. The molecule has 3 heterocycles. The average Bonchev–Trinajstić information content (AvgIpc) is 2.51. The lowest BCUT2D eigenvalue weighted by Crippen LogP contribution is -2.51. The van der Waals surface area contributed by atoms with Gasteiger partial charge in [0.25, 0.3) is 0 Å². The summed E-state index contributed by atoms with van der Waals surface area (Å²) in [7, 11) is 0. The molecule has 0 bridgehead atoms. The highest BCUT2D eigenvalue weighted by Crippen LogP contribution is 2.25. The van der Waals surface area contributed by atoms with Gasteiger partial charge in [-0.1, -0.05) is 6.92 Å². The summed E-state index contributed by atoms with van der Waals surface area (Å²) in [5, 5.41) is 3.26. The van der Waals surface area contributed by atoms with Gasteiger partial charge in [-0.2, -0.15) is 0 Å². The molecular weight excluding hydrogens is 300 g/mol. The molecular formula is C16H27ClN4O. The fourth-order valence-corrected chi connectivity index (χ4v) is 3.04. The van der Waals surface area contributed by atoms with Gasteiger partial charge in [0.15, 0.2) is 0 Å². The second kappa shape index (κ2) is 8.09. The third-order valence-corrected chi connectivity index (χ3v) is 4.74. The highest BCUT2D eigenvalue weighted by Gasteiger charge is 2.28. The first-order chi connectivity index (χ1) is 10.3. The smallest absolute Gasteiger partial charge is 0.225 e. The van der Waals surface area contributed by atoms with E-state index in [1.165, 1.54) is 18.4 Å². The van der Waals surface area contributed by atoms with Crippen LogP contribution < -0.4 is 10.2 Å². The van der Waals surface area contributed by atoms with E-state index in [9.17, 15) is 0 Å². The zero-order chi connectivity index (χ0) is 14.7. The average molecular weight is 327 g/mol. The topological polar surface area (TPSA) is 50.3 Å². The summed E-state index contributed by atoms with van der Waals surface area (Å²) in [6, 6.07) is 0. The van der Waals surface area contributed by atoms with E-state index in [1.807, 2.05) is 12.4 Å². The van der Waals surface area contributed by atoms with Crippen LogP contribution in [-0.4, -0.2) is 48.4 Å². The summed E-state index contributed by atoms with van der Waals surface area (Å²) >= 11 is 0. The molecule has 22 heavy (non-hydrogen) atoms. The van der Waals surface area contributed by atoms with Crippen molar-refractivity contribution in [1.29, 1.82) is 0 Å². The molecule has 0 saturated carbocycles. The molecule has 2 saturated heterocycles. The fourth-order valence-electron chi connectivity index (χ4n) is 3.04. The van der Waals surface area contributed by atoms with Crippen molar-refractivity contribution in [3.63, 3.8) is 0 Å². The van der Waals surface area contributed by atoms with Gasteiger partial charge in [0.1, 0.15) is 0 Å². The molecule has 2 fully saturated rings. The number of anilines is 1. The first-order valence-electron chi connectivity index (χ1n) is 8.18. The van der Waals surface area contributed by atoms with Crippen molar-refractivity contribution in [2.45, 2.75) is 45.3 Å². The first-order valence-corrected chi connectivity index (χ1v) is 8.18. The number of ether oxygens (including phenoxy) is 1. The van der Waals surface area contributed by atoms with Gasteiger partial charge in [-0.3, -0.25) is 0 Å². The van der Waals surface area contributed by atoms with Crippen LogP contribution in [0.15, 0.2) is 12.4 Å². The Bertz CT molecular complexity index is 444. The number of hydrogen-bond donors (Lipinski definition) is 1. The zero-order valence-corrected chi connectivity index (χ0v) is 14.3. The Labute approximate surface area is 139 Å².